The van der Waals surface area contributed by atoms with Crippen molar-refractivity contribution >= 4 is 0 Å². The van der Waals surface area contributed by atoms with Gasteiger partial charge in [0.2, 0.25) is 0 Å². The Morgan fingerprint density at radius 1 is 1.30 bits per heavy atom. The minimum absolute atomic E-state index is 0. The summed E-state index contributed by atoms with van der Waals surface area (Å²) >= 11 is 0. The Bertz CT molecular complexity index is 149. The molecule has 2 heteroatoms. The molecule has 0 aliphatic carbocycles. The zero-order valence-electron chi connectivity index (χ0n) is 6.89. The van der Waals surface area contributed by atoms with E-state index in [9.17, 15) is 0 Å². The average molecular weight is 118 g/mol. The Balaban J connectivity index is 0. The Kier molecular flexibility index (Phi) is 9.55. The molecule has 42 valence electrons. The quantitative estimate of drug-likeness (QED) is 0.261. The second-order valence-electron chi connectivity index (χ2n) is 1.61. The zero-order valence-corrected chi connectivity index (χ0v) is 6.89. The summed E-state index contributed by atoms with van der Waals surface area (Å²) in [5, 5.41) is 0. The normalized spacial score (nSPS) is 6.90. The summed E-state index contributed by atoms with van der Waals surface area (Å²) in [7, 11) is 0. The van der Waals surface area contributed by atoms with Crippen LogP contribution in [0.1, 0.15) is 12.5 Å². The van der Waals surface area contributed by atoms with Gasteiger partial charge in [-0.25, -0.2) is 0 Å². The molecule has 0 aliphatic rings. The summed E-state index contributed by atoms with van der Waals surface area (Å²) in [6.07, 6.45) is 2.03. The molecular formula is C8H8Li2. The molecule has 0 bridgehead atoms. The third kappa shape index (κ3) is 4.16. The summed E-state index contributed by atoms with van der Waals surface area (Å²) in [4.78, 5) is 0. The maximum Gasteiger partial charge on any atom is 1.00 e. The molecule has 0 spiro atoms. The fourth-order valence-electron chi connectivity index (χ4n) is 0.587. The SMILES string of the molecule is C[CH-]c1[c-]cccc1.[Li+].[Li+]. The zero-order chi connectivity index (χ0) is 5.82. The molecule has 1 aromatic carbocycles. The fourth-order valence-corrected chi connectivity index (χ4v) is 0.587. The van der Waals surface area contributed by atoms with Crippen LogP contribution in [0.5, 0.6) is 0 Å². The van der Waals surface area contributed by atoms with Gasteiger partial charge in [-0.1, -0.05) is 0 Å². The van der Waals surface area contributed by atoms with Crippen LogP contribution in [0.2, 0.25) is 0 Å². The van der Waals surface area contributed by atoms with Crippen LogP contribution >= 0.6 is 0 Å². The summed E-state index contributed by atoms with van der Waals surface area (Å²) in [5.41, 5.74) is 1.16. The second kappa shape index (κ2) is 7.39. The Morgan fingerprint density at radius 3 is 2.30 bits per heavy atom. The van der Waals surface area contributed by atoms with Crippen LogP contribution in [0.15, 0.2) is 24.3 Å². The third-order valence-corrected chi connectivity index (χ3v) is 1.04. The maximum absolute atomic E-state index is 3.06. The van der Waals surface area contributed by atoms with E-state index in [2.05, 4.69) is 6.07 Å². The number of rotatable bonds is 1. The first kappa shape index (κ1) is 12.9. The van der Waals surface area contributed by atoms with Gasteiger partial charge in [0.15, 0.2) is 0 Å². The van der Waals surface area contributed by atoms with Crippen molar-refractivity contribution in [1.82, 2.24) is 0 Å². The van der Waals surface area contributed by atoms with Crippen LogP contribution < -0.4 is 37.7 Å². The van der Waals surface area contributed by atoms with Gasteiger partial charge < -0.3 is 18.1 Å². The Morgan fingerprint density at radius 2 is 2.00 bits per heavy atom. The molecular weight excluding hydrogens is 110 g/mol. The van der Waals surface area contributed by atoms with E-state index in [0.29, 0.717) is 0 Å². The van der Waals surface area contributed by atoms with E-state index in [-0.39, 0.29) is 37.7 Å². The second-order valence-corrected chi connectivity index (χ2v) is 1.61. The van der Waals surface area contributed by atoms with Crippen molar-refractivity contribution in [2.24, 2.45) is 0 Å². The van der Waals surface area contributed by atoms with Gasteiger partial charge in [-0.05, 0) is 0 Å². The first-order valence-electron chi connectivity index (χ1n) is 2.69. The molecule has 0 amide bonds. The van der Waals surface area contributed by atoms with Crippen LogP contribution in [-0.4, -0.2) is 0 Å². The molecule has 0 atom stereocenters. The summed E-state index contributed by atoms with van der Waals surface area (Å²) in [6.45, 7) is 2.01. The van der Waals surface area contributed by atoms with Gasteiger partial charge in [0.25, 0.3) is 0 Å². The predicted molar refractivity (Wildman–Crippen MR) is 34.4 cm³/mol. The molecule has 0 aliphatic heterocycles. The molecule has 10 heavy (non-hydrogen) atoms. The van der Waals surface area contributed by atoms with Crippen molar-refractivity contribution in [1.29, 1.82) is 0 Å². The van der Waals surface area contributed by atoms with Crippen molar-refractivity contribution in [3.05, 3.63) is 42.3 Å². The van der Waals surface area contributed by atoms with Gasteiger partial charge >= 0.3 is 37.7 Å². The minimum atomic E-state index is 0. The molecule has 0 radical (unpaired) electrons. The maximum atomic E-state index is 3.06. The van der Waals surface area contributed by atoms with Crippen LogP contribution in [0.3, 0.4) is 0 Å². The average Bonchev–Trinajstić information content (AvgIpc) is 1.90. The van der Waals surface area contributed by atoms with Crippen LogP contribution in [0.4, 0.5) is 0 Å². The molecule has 0 aromatic heterocycles. The van der Waals surface area contributed by atoms with Crippen LogP contribution in [0, 0.1) is 12.5 Å². The van der Waals surface area contributed by atoms with Crippen LogP contribution in [0.25, 0.3) is 0 Å². The van der Waals surface area contributed by atoms with Gasteiger partial charge in [0.05, 0.1) is 0 Å². The summed E-state index contributed by atoms with van der Waals surface area (Å²) < 4.78 is 0. The first-order chi connectivity index (χ1) is 3.93. The molecule has 0 fully saturated rings. The topological polar surface area (TPSA) is 0 Å². The molecule has 0 N–H and O–H groups in total. The Hall–Kier alpha value is 0.285. The number of hydrogen-bond donors (Lipinski definition) is 0. The van der Waals surface area contributed by atoms with E-state index < -0.39 is 0 Å². The van der Waals surface area contributed by atoms with Crippen LogP contribution in [-0.2, 0) is 0 Å². The first-order valence-corrected chi connectivity index (χ1v) is 2.69. The van der Waals surface area contributed by atoms with Crippen molar-refractivity contribution in [2.45, 2.75) is 6.92 Å². The summed E-state index contributed by atoms with van der Waals surface area (Å²) in [5.74, 6) is 0. The van der Waals surface area contributed by atoms with E-state index in [4.69, 9.17) is 0 Å². The third-order valence-electron chi connectivity index (χ3n) is 1.04. The molecule has 0 heterocycles. The Labute approximate surface area is 86.8 Å². The van der Waals surface area contributed by atoms with E-state index >= 15 is 0 Å². The van der Waals surface area contributed by atoms with E-state index in [1.165, 1.54) is 0 Å². The molecule has 0 saturated carbocycles. The van der Waals surface area contributed by atoms with Crippen molar-refractivity contribution in [3.63, 3.8) is 0 Å². The van der Waals surface area contributed by atoms with E-state index in [1.54, 1.807) is 0 Å². The van der Waals surface area contributed by atoms with Gasteiger partial charge in [0, 0.05) is 0 Å². The number of benzene rings is 1. The number of hydrogen-bond acceptors (Lipinski definition) is 0. The fraction of sp³-hybridized carbons (Fsp3) is 0.125. The minimum Gasteiger partial charge on any atom is -0.371 e. The largest absolute Gasteiger partial charge is 1.00 e. The molecule has 0 nitrogen and oxygen atoms in total. The van der Waals surface area contributed by atoms with Gasteiger partial charge in [-0.2, -0.15) is 12.1 Å². The van der Waals surface area contributed by atoms with E-state index in [1.807, 2.05) is 37.6 Å². The smallest absolute Gasteiger partial charge is 0.371 e. The van der Waals surface area contributed by atoms with E-state index in [0.717, 1.165) is 5.56 Å². The standard InChI is InChI=1S/C8H8.2Li/c1-2-8-6-4-3-5-7-8;;/h2-6H,1H3;;/q-2;2*+1. The molecule has 1 rings (SSSR count). The monoisotopic (exact) mass is 118 g/mol. The van der Waals surface area contributed by atoms with Crippen molar-refractivity contribution in [3.8, 4) is 0 Å². The summed E-state index contributed by atoms with van der Waals surface area (Å²) in [6, 6.07) is 11.0. The molecule has 1 aromatic rings. The van der Waals surface area contributed by atoms with Gasteiger partial charge in [0.1, 0.15) is 0 Å². The van der Waals surface area contributed by atoms with Crippen molar-refractivity contribution < 1.29 is 37.7 Å². The molecule has 0 unspecified atom stereocenters. The van der Waals surface area contributed by atoms with Crippen molar-refractivity contribution in [2.75, 3.05) is 0 Å². The predicted octanol–water partition coefficient (Wildman–Crippen LogP) is -3.93. The van der Waals surface area contributed by atoms with Gasteiger partial charge in [-0.15, -0.1) is 13.0 Å². The molecule has 0 saturated heterocycles. The van der Waals surface area contributed by atoms with Gasteiger partial charge in [-0.3, -0.25) is 6.07 Å².